The molecule has 0 fully saturated rings. The summed E-state index contributed by atoms with van der Waals surface area (Å²) in [6.07, 6.45) is 1.68. The van der Waals surface area contributed by atoms with Crippen molar-refractivity contribution in [2.45, 2.75) is 25.8 Å². The Morgan fingerprint density at radius 3 is 2.68 bits per heavy atom. The first-order valence-electron chi connectivity index (χ1n) is 6.41. The third-order valence-corrected chi connectivity index (χ3v) is 3.86. The number of halogens is 2. The molecule has 0 aliphatic heterocycles. The van der Waals surface area contributed by atoms with Gasteiger partial charge in [-0.3, -0.25) is 0 Å². The van der Waals surface area contributed by atoms with Crippen LogP contribution in [0.15, 0.2) is 30.3 Å². The second-order valence-corrected chi connectivity index (χ2v) is 5.10. The number of benzene rings is 2. The lowest BCUT2D eigenvalue weighted by molar-refractivity contribution is 0.595. The molecule has 0 amide bonds. The minimum absolute atomic E-state index is 0.00769. The Kier molecular flexibility index (Phi) is 2.86. The molecule has 0 aromatic heterocycles. The summed E-state index contributed by atoms with van der Waals surface area (Å²) >= 11 is 0. The van der Waals surface area contributed by atoms with Crippen LogP contribution in [-0.4, -0.2) is 0 Å². The number of aryl methyl sites for hydroxylation is 1. The highest BCUT2D eigenvalue weighted by molar-refractivity contribution is 5.71. The Labute approximate surface area is 111 Å². The molecule has 3 heteroatoms. The van der Waals surface area contributed by atoms with Crippen LogP contribution in [0.3, 0.4) is 0 Å². The first-order valence-corrected chi connectivity index (χ1v) is 6.41. The van der Waals surface area contributed by atoms with Crippen LogP contribution in [-0.2, 0) is 6.42 Å². The van der Waals surface area contributed by atoms with E-state index < -0.39 is 0 Å². The van der Waals surface area contributed by atoms with E-state index in [0.29, 0.717) is 11.1 Å². The van der Waals surface area contributed by atoms with Crippen LogP contribution in [0.4, 0.5) is 8.78 Å². The molecule has 1 aliphatic carbocycles. The molecule has 1 aliphatic rings. The lowest BCUT2D eigenvalue weighted by Crippen LogP contribution is -2.05. The third-order valence-electron chi connectivity index (χ3n) is 3.86. The van der Waals surface area contributed by atoms with E-state index in [2.05, 4.69) is 0 Å². The van der Waals surface area contributed by atoms with E-state index in [0.717, 1.165) is 29.5 Å². The summed E-state index contributed by atoms with van der Waals surface area (Å²) in [5.74, 6) is -0.760. The van der Waals surface area contributed by atoms with Crippen LogP contribution in [0, 0.1) is 18.6 Å². The van der Waals surface area contributed by atoms with Crippen molar-refractivity contribution >= 4 is 0 Å². The van der Waals surface area contributed by atoms with Crippen LogP contribution in [0.2, 0.25) is 0 Å². The summed E-state index contributed by atoms with van der Waals surface area (Å²) in [7, 11) is 0. The van der Waals surface area contributed by atoms with Crippen molar-refractivity contribution in [2.24, 2.45) is 5.73 Å². The molecule has 0 saturated heterocycles. The van der Waals surface area contributed by atoms with E-state index in [9.17, 15) is 8.78 Å². The van der Waals surface area contributed by atoms with Crippen LogP contribution < -0.4 is 5.73 Å². The molecule has 0 spiro atoms. The molecular formula is C16H15F2N. The van der Waals surface area contributed by atoms with Gasteiger partial charge >= 0.3 is 0 Å². The van der Waals surface area contributed by atoms with E-state index in [1.54, 1.807) is 6.92 Å². The van der Waals surface area contributed by atoms with Crippen LogP contribution in [0.25, 0.3) is 11.1 Å². The number of rotatable bonds is 1. The molecule has 2 N–H and O–H groups in total. The number of nitrogens with two attached hydrogens (primary N) is 1. The first kappa shape index (κ1) is 12.3. The normalized spacial score (nSPS) is 17.6. The van der Waals surface area contributed by atoms with Crippen molar-refractivity contribution in [3.63, 3.8) is 0 Å². The third kappa shape index (κ3) is 1.94. The quantitative estimate of drug-likeness (QED) is 0.826. The van der Waals surface area contributed by atoms with E-state index >= 15 is 0 Å². The van der Waals surface area contributed by atoms with E-state index in [4.69, 9.17) is 5.73 Å². The molecule has 1 atom stereocenters. The number of hydrogen-bond donors (Lipinski definition) is 1. The Morgan fingerprint density at radius 1 is 1.11 bits per heavy atom. The van der Waals surface area contributed by atoms with Crippen molar-refractivity contribution < 1.29 is 8.78 Å². The maximum atomic E-state index is 14.1. The molecule has 2 aromatic rings. The van der Waals surface area contributed by atoms with Gasteiger partial charge in [0.15, 0.2) is 0 Å². The number of hydrogen-bond acceptors (Lipinski definition) is 1. The number of fused-ring (bicyclic) bond motifs is 1. The lowest BCUT2D eigenvalue weighted by atomic mass is 9.95. The lowest BCUT2D eigenvalue weighted by Gasteiger charge is -2.11. The minimum atomic E-state index is -0.382. The fourth-order valence-corrected chi connectivity index (χ4v) is 2.79. The van der Waals surface area contributed by atoms with E-state index in [1.807, 2.05) is 18.2 Å². The Morgan fingerprint density at radius 2 is 1.89 bits per heavy atom. The SMILES string of the molecule is Cc1cc(F)c(-c2cccc3c2CCC3N)cc1F. The highest BCUT2D eigenvalue weighted by Gasteiger charge is 2.23. The minimum Gasteiger partial charge on any atom is -0.324 e. The molecule has 19 heavy (non-hydrogen) atoms. The second-order valence-electron chi connectivity index (χ2n) is 5.10. The van der Waals surface area contributed by atoms with Crippen molar-refractivity contribution in [3.8, 4) is 11.1 Å². The van der Waals surface area contributed by atoms with Gasteiger partial charge in [0, 0.05) is 11.6 Å². The predicted molar refractivity (Wildman–Crippen MR) is 71.8 cm³/mol. The largest absolute Gasteiger partial charge is 0.324 e. The average Bonchev–Trinajstić information content (AvgIpc) is 2.76. The van der Waals surface area contributed by atoms with E-state index in [-0.39, 0.29) is 17.7 Å². The van der Waals surface area contributed by atoms with Crippen molar-refractivity contribution in [1.29, 1.82) is 0 Å². The molecule has 1 nitrogen and oxygen atoms in total. The zero-order valence-corrected chi connectivity index (χ0v) is 10.7. The first-order chi connectivity index (χ1) is 9.08. The summed E-state index contributed by atoms with van der Waals surface area (Å²) in [4.78, 5) is 0. The molecule has 0 saturated carbocycles. The Hall–Kier alpha value is -1.74. The standard InChI is InChI=1S/C16H15F2N/c1-9-7-15(18)13(8-14(9)17)10-3-2-4-12-11(10)5-6-16(12)19/h2-4,7-8,16H,5-6,19H2,1H3. The fraction of sp³-hybridized carbons (Fsp3) is 0.250. The molecule has 0 radical (unpaired) electrons. The van der Waals surface area contributed by atoms with Crippen molar-refractivity contribution in [3.05, 3.63) is 58.7 Å². The van der Waals surface area contributed by atoms with E-state index in [1.165, 1.54) is 12.1 Å². The maximum absolute atomic E-state index is 14.1. The van der Waals surface area contributed by atoms with Gasteiger partial charge in [-0.05, 0) is 54.2 Å². The summed E-state index contributed by atoms with van der Waals surface area (Å²) in [6, 6.07) is 8.20. The smallest absolute Gasteiger partial charge is 0.131 e. The van der Waals surface area contributed by atoms with Gasteiger partial charge in [-0.2, -0.15) is 0 Å². The van der Waals surface area contributed by atoms with Gasteiger partial charge < -0.3 is 5.73 Å². The molecule has 0 heterocycles. The summed E-state index contributed by atoms with van der Waals surface area (Å²) < 4.78 is 27.8. The predicted octanol–water partition coefficient (Wildman–Crippen LogP) is 3.89. The molecule has 2 aromatic carbocycles. The summed E-state index contributed by atoms with van der Waals surface area (Å²) in [5, 5.41) is 0. The molecule has 3 rings (SSSR count). The van der Waals surface area contributed by atoms with Crippen molar-refractivity contribution in [1.82, 2.24) is 0 Å². The Balaban J connectivity index is 2.21. The Bertz CT molecular complexity index is 649. The van der Waals surface area contributed by atoms with Crippen molar-refractivity contribution in [2.75, 3.05) is 0 Å². The van der Waals surface area contributed by atoms with Gasteiger partial charge in [0.1, 0.15) is 11.6 Å². The maximum Gasteiger partial charge on any atom is 0.131 e. The zero-order valence-electron chi connectivity index (χ0n) is 10.7. The topological polar surface area (TPSA) is 26.0 Å². The zero-order chi connectivity index (χ0) is 13.6. The van der Waals surface area contributed by atoms with Gasteiger partial charge in [-0.1, -0.05) is 18.2 Å². The molecule has 98 valence electrons. The van der Waals surface area contributed by atoms with Crippen LogP contribution >= 0.6 is 0 Å². The fourth-order valence-electron chi connectivity index (χ4n) is 2.79. The molecular weight excluding hydrogens is 244 g/mol. The van der Waals surface area contributed by atoms with Gasteiger partial charge in [-0.15, -0.1) is 0 Å². The molecule has 1 unspecified atom stereocenters. The van der Waals surface area contributed by atoms with Crippen LogP contribution in [0.5, 0.6) is 0 Å². The summed E-state index contributed by atoms with van der Waals surface area (Å²) in [5.41, 5.74) is 9.54. The van der Waals surface area contributed by atoms with Gasteiger partial charge in [0.25, 0.3) is 0 Å². The molecule has 0 bridgehead atoms. The summed E-state index contributed by atoms with van der Waals surface area (Å²) in [6.45, 7) is 1.56. The highest BCUT2D eigenvalue weighted by Crippen LogP contribution is 2.37. The average molecular weight is 259 g/mol. The van der Waals surface area contributed by atoms with Gasteiger partial charge in [0.05, 0.1) is 0 Å². The second kappa shape index (κ2) is 4.42. The van der Waals surface area contributed by atoms with Gasteiger partial charge in [-0.25, -0.2) is 8.78 Å². The van der Waals surface area contributed by atoms with Gasteiger partial charge in [0.2, 0.25) is 0 Å². The highest BCUT2D eigenvalue weighted by atomic mass is 19.1. The van der Waals surface area contributed by atoms with Crippen LogP contribution in [0.1, 0.15) is 29.2 Å². The monoisotopic (exact) mass is 259 g/mol.